The first-order valence-corrected chi connectivity index (χ1v) is 7.23. The molecule has 0 heterocycles. The molecule has 5 nitrogen and oxygen atoms in total. The monoisotopic (exact) mass is 293 g/mol. The molecular weight excluding hydrogens is 270 g/mol. The second-order valence-electron chi connectivity index (χ2n) is 5.81. The van der Waals surface area contributed by atoms with Crippen LogP contribution in [0.25, 0.3) is 0 Å². The number of methoxy groups -OCH3 is 1. The zero-order valence-corrected chi connectivity index (χ0v) is 12.8. The number of aliphatic carboxylic acids is 1. The predicted molar refractivity (Wildman–Crippen MR) is 80.0 cm³/mol. The van der Waals surface area contributed by atoms with Gasteiger partial charge in [0.15, 0.2) is 11.5 Å². The van der Waals surface area contributed by atoms with Crippen molar-refractivity contribution in [1.29, 1.82) is 0 Å². The quantitative estimate of drug-likeness (QED) is 0.770. The van der Waals surface area contributed by atoms with Crippen molar-refractivity contribution in [3.63, 3.8) is 0 Å². The van der Waals surface area contributed by atoms with E-state index in [1.165, 1.54) is 0 Å². The summed E-state index contributed by atoms with van der Waals surface area (Å²) < 4.78 is 11.0. The number of rotatable bonds is 8. The van der Waals surface area contributed by atoms with Gasteiger partial charge in [-0.25, -0.2) is 0 Å². The number of hydrogen-bond donors (Lipinski definition) is 2. The normalized spacial score (nSPS) is 17.1. The molecule has 1 atom stereocenters. The van der Waals surface area contributed by atoms with E-state index in [2.05, 4.69) is 5.32 Å². The molecule has 0 amide bonds. The molecule has 2 N–H and O–H groups in total. The Morgan fingerprint density at radius 3 is 2.71 bits per heavy atom. The summed E-state index contributed by atoms with van der Waals surface area (Å²) in [6.45, 7) is 4.01. The van der Waals surface area contributed by atoms with Gasteiger partial charge in [-0.1, -0.05) is 6.07 Å². The van der Waals surface area contributed by atoms with E-state index >= 15 is 0 Å². The Hall–Kier alpha value is -1.75. The van der Waals surface area contributed by atoms with E-state index in [1.54, 1.807) is 14.0 Å². The van der Waals surface area contributed by atoms with Crippen LogP contribution < -0.4 is 14.8 Å². The zero-order chi connectivity index (χ0) is 15.5. The van der Waals surface area contributed by atoms with Gasteiger partial charge in [-0.05, 0) is 44.4 Å². The molecule has 0 radical (unpaired) electrons. The van der Waals surface area contributed by atoms with Crippen LogP contribution in [-0.4, -0.2) is 36.4 Å². The second kappa shape index (κ2) is 6.35. The van der Waals surface area contributed by atoms with Crippen LogP contribution in [0.4, 0.5) is 0 Å². The van der Waals surface area contributed by atoms with Crippen LogP contribution in [0, 0.1) is 6.92 Å². The van der Waals surface area contributed by atoms with Crippen LogP contribution in [0.1, 0.15) is 31.7 Å². The highest BCUT2D eigenvalue weighted by Gasteiger charge is 2.38. The van der Waals surface area contributed by atoms with Gasteiger partial charge in [0, 0.05) is 12.5 Å². The number of benzene rings is 1. The Kier molecular flexibility index (Phi) is 4.73. The van der Waals surface area contributed by atoms with Gasteiger partial charge in [0.25, 0.3) is 0 Å². The van der Waals surface area contributed by atoms with Gasteiger partial charge < -0.3 is 14.6 Å². The zero-order valence-electron chi connectivity index (χ0n) is 12.8. The first-order chi connectivity index (χ1) is 9.94. The third-order valence-corrected chi connectivity index (χ3v) is 3.75. The summed E-state index contributed by atoms with van der Waals surface area (Å²) in [4.78, 5) is 11.5. The number of carbonyl (C=O) groups is 1. The van der Waals surface area contributed by atoms with Crippen LogP contribution in [0.3, 0.4) is 0 Å². The number of ether oxygens (including phenoxy) is 2. The molecule has 1 aromatic rings. The maximum atomic E-state index is 11.5. The number of hydrogen-bond acceptors (Lipinski definition) is 4. The molecule has 2 rings (SSSR count). The highest BCUT2D eigenvalue weighted by atomic mass is 16.5. The minimum atomic E-state index is -0.945. The fraction of sp³-hybridized carbons (Fsp3) is 0.562. The molecule has 0 bridgehead atoms. The van der Waals surface area contributed by atoms with Gasteiger partial charge in [0.1, 0.15) is 5.54 Å². The Balaban J connectivity index is 1.94. The standard InChI is InChI=1S/C16H23NO4/c1-11-4-7-13(14(10-11)20-3)21-9-8-16(2,15(18)19)17-12-5-6-12/h4,7,10,12,17H,5-6,8-9H2,1-3H3,(H,18,19). The van der Waals surface area contributed by atoms with E-state index in [9.17, 15) is 9.90 Å². The van der Waals surface area contributed by atoms with Gasteiger partial charge in [0.2, 0.25) is 0 Å². The molecular formula is C16H23NO4. The molecule has 21 heavy (non-hydrogen) atoms. The minimum Gasteiger partial charge on any atom is -0.493 e. The average Bonchev–Trinajstić information content (AvgIpc) is 3.24. The molecule has 1 aliphatic carbocycles. The summed E-state index contributed by atoms with van der Waals surface area (Å²) >= 11 is 0. The molecule has 1 saturated carbocycles. The summed E-state index contributed by atoms with van der Waals surface area (Å²) in [6.07, 6.45) is 2.50. The van der Waals surface area contributed by atoms with Gasteiger partial charge in [-0.3, -0.25) is 10.1 Å². The van der Waals surface area contributed by atoms with Gasteiger partial charge >= 0.3 is 5.97 Å². The lowest BCUT2D eigenvalue weighted by Gasteiger charge is -2.26. The Morgan fingerprint density at radius 1 is 1.43 bits per heavy atom. The lowest BCUT2D eigenvalue weighted by Crippen LogP contribution is -2.51. The molecule has 0 aromatic heterocycles. The summed E-state index contributed by atoms with van der Waals surface area (Å²) in [5, 5.41) is 12.6. The highest BCUT2D eigenvalue weighted by molar-refractivity contribution is 5.78. The molecule has 0 aliphatic heterocycles. The third kappa shape index (κ3) is 4.11. The van der Waals surface area contributed by atoms with Crippen molar-refractivity contribution in [2.45, 2.75) is 44.7 Å². The van der Waals surface area contributed by atoms with Crippen LogP contribution in [-0.2, 0) is 4.79 Å². The number of carboxylic acids is 1. The maximum Gasteiger partial charge on any atom is 0.323 e. The fourth-order valence-corrected chi connectivity index (χ4v) is 2.18. The number of aryl methyl sites for hydroxylation is 1. The Labute approximate surface area is 125 Å². The lowest BCUT2D eigenvalue weighted by molar-refractivity contribution is -0.144. The van der Waals surface area contributed by atoms with Gasteiger partial charge in [-0.2, -0.15) is 0 Å². The van der Waals surface area contributed by atoms with Crippen LogP contribution in [0.2, 0.25) is 0 Å². The predicted octanol–water partition coefficient (Wildman–Crippen LogP) is 2.37. The summed E-state index contributed by atoms with van der Waals surface area (Å²) in [5.41, 5.74) is 0.143. The van der Waals surface area contributed by atoms with E-state index < -0.39 is 11.5 Å². The van der Waals surface area contributed by atoms with E-state index in [1.807, 2.05) is 25.1 Å². The maximum absolute atomic E-state index is 11.5. The van der Waals surface area contributed by atoms with E-state index in [4.69, 9.17) is 9.47 Å². The topological polar surface area (TPSA) is 67.8 Å². The molecule has 1 unspecified atom stereocenters. The summed E-state index contributed by atoms with van der Waals surface area (Å²) in [6, 6.07) is 6.02. The van der Waals surface area contributed by atoms with Gasteiger partial charge in [0.05, 0.1) is 13.7 Å². The Morgan fingerprint density at radius 2 is 2.14 bits per heavy atom. The SMILES string of the molecule is COc1cc(C)ccc1OCCC(C)(NC1CC1)C(=O)O. The van der Waals surface area contributed by atoms with Crippen LogP contribution >= 0.6 is 0 Å². The average molecular weight is 293 g/mol. The first-order valence-electron chi connectivity index (χ1n) is 7.23. The van der Waals surface area contributed by atoms with Crippen molar-refractivity contribution in [1.82, 2.24) is 5.32 Å². The smallest absolute Gasteiger partial charge is 0.323 e. The fourth-order valence-electron chi connectivity index (χ4n) is 2.18. The molecule has 1 aromatic carbocycles. The molecule has 0 saturated heterocycles. The minimum absolute atomic E-state index is 0.321. The molecule has 116 valence electrons. The van der Waals surface area contributed by atoms with Crippen molar-refractivity contribution in [2.24, 2.45) is 0 Å². The van der Waals surface area contributed by atoms with E-state index in [0.29, 0.717) is 30.6 Å². The first kappa shape index (κ1) is 15.6. The highest BCUT2D eigenvalue weighted by Crippen LogP contribution is 2.29. The van der Waals surface area contributed by atoms with Crippen LogP contribution in [0.15, 0.2) is 18.2 Å². The van der Waals surface area contributed by atoms with Crippen molar-refractivity contribution in [3.05, 3.63) is 23.8 Å². The van der Waals surface area contributed by atoms with Gasteiger partial charge in [-0.15, -0.1) is 0 Å². The van der Waals surface area contributed by atoms with E-state index in [0.717, 1.165) is 18.4 Å². The van der Waals surface area contributed by atoms with Crippen molar-refractivity contribution in [3.8, 4) is 11.5 Å². The van der Waals surface area contributed by atoms with Crippen molar-refractivity contribution < 1.29 is 19.4 Å². The molecule has 0 spiro atoms. The van der Waals surface area contributed by atoms with Crippen molar-refractivity contribution >= 4 is 5.97 Å². The largest absolute Gasteiger partial charge is 0.493 e. The molecule has 1 fully saturated rings. The second-order valence-corrected chi connectivity index (χ2v) is 5.81. The Bertz CT molecular complexity index is 513. The number of nitrogens with one attached hydrogen (secondary N) is 1. The number of carboxylic acid groups (broad SMARTS) is 1. The van der Waals surface area contributed by atoms with Crippen molar-refractivity contribution in [2.75, 3.05) is 13.7 Å². The summed E-state index contributed by atoms with van der Waals surface area (Å²) in [5.74, 6) is 0.471. The molecule has 1 aliphatic rings. The van der Waals surface area contributed by atoms with Crippen LogP contribution in [0.5, 0.6) is 11.5 Å². The van der Waals surface area contributed by atoms with E-state index in [-0.39, 0.29) is 0 Å². The summed E-state index contributed by atoms with van der Waals surface area (Å²) in [7, 11) is 1.59. The third-order valence-electron chi connectivity index (χ3n) is 3.75. The molecule has 5 heteroatoms. The lowest BCUT2D eigenvalue weighted by atomic mass is 9.98.